The second-order valence-corrected chi connectivity index (χ2v) is 7.15. The van der Waals surface area contributed by atoms with Crippen LogP contribution in [0.2, 0.25) is 0 Å². The number of rotatable bonds is 8. The molecule has 3 heterocycles. The van der Waals surface area contributed by atoms with E-state index in [1.807, 2.05) is 31.2 Å². The van der Waals surface area contributed by atoms with E-state index in [1.54, 1.807) is 26.6 Å². The highest BCUT2D eigenvalue weighted by Crippen LogP contribution is 2.37. The van der Waals surface area contributed by atoms with Crippen molar-refractivity contribution in [3.05, 3.63) is 48.0 Å². The van der Waals surface area contributed by atoms with Crippen LogP contribution in [0.5, 0.6) is 11.5 Å². The minimum Gasteiger partial charge on any atom is -0.493 e. The summed E-state index contributed by atoms with van der Waals surface area (Å²) in [5, 5.41) is 0. The van der Waals surface area contributed by atoms with Crippen molar-refractivity contribution in [2.24, 2.45) is 0 Å². The summed E-state index contributed by atoms with van der Waals surface area (Å²) in [5.41, 5.74) is 3.13. The molecule has 1 aliphatic rings. The summed E-state index contributed by atoms with van der Waals surface area (Å²) in [7, 11) is 3.28. The molecule has 0 aliphatic carbocycles. The molecule has 1 fully saturated rings. The first-order valence-electron chi connectivity index (χ1n) is 9.95. The van der Waals surface area contributed by atoms with Crippen molar-refractivity contribution in [2.75, 3.05) is 20.8 Å². The highest BCUT2D eigenvalue weighted by atomic mass is 16.7. The van der Waals surface area contributed by atoms with Crippen molar-refractivity contribution in [1.82, 2.24) is 14.5 Å². The normalized spacial score (nSPS) is 19.0. The second-order valence-electron chi connectivity index (χ2n) is 7.15. The third-order valence-corrected chi connectivity index (χ3v) is 5.33. The lowest BCUT2D eigenvalue weighted by molar-refractivity contribution is -0.135. The van der Waals surface area contributed by atoms with Gasteiger partial charge in [-0.15, -0.1) is 0 Å². The van der Waals surface area contributed by atoms with E-state index >= 15 is 0 Å². The number of aryl methyl sites for hydroxylation is 2. The first kappa shape index (κ1) is 19.7. The third kappa shape index (κ3) is 4.21. The Morgan fingerprint density at radius 2 is 2.00 bits per heavy atom. The molecule has 7 nitrogen and oxygen atoms in total. The lowest BCUT2D eigenvalue weighted by atomic mass is 10.1. The number of hydrogen-bond donors (Lipinski definition) is 0. The fourth-order valence-corrected chi connectivity index (χ4v) is 3.85. The molecule has 0 spiro atoms. The Labute approximate surface area is 170 Å². The Morgan fingerprint density at radius 3 is 2.83 bits per heavy atom. The van der Waals surface area contributed by atoms with E-state index in [2.05, 4.69) is 14.5 Å². The minimum atomic E-state index is -0.169. The maximum absolute atomic E-state index is 6.11. The van der Waals surface area contributed by atoms with Crippen LogP contribution < -0.4 is 9.47 Å². The minimum absolute atomic E-state index is 0.0205. The molecule has 0 radical (unpaired) electrons. The number of ether oxygens (including phenoxy) is 4. The fourth-order valence-electron chi connectivity index (χ4n) is 3.85. The first-order chi connectivity index (χ1) is 14.2. The van der Waals surface area contributed by atoms with Gasteiger partial charge < -0.3 is 23.5 Å². The molecule has 29 heavy (non-hydrogen) atoms. The van der Waals surface area contributed by atoms with Gasteiger partial charge in [0.1, 0.15) is 11.3 Å². The topological polar surface area (TPSA) is 67.6 Å². The third-order valence-electron chi connectivity index (χ3n) is 5.33. The van der Waals surface area contributed by atoms with Gasteiger partial charge in [-0.2, -0.15) is 0 Å². The predicted octanol–water partition coefficient (Wildman–Crippen LogP) is 4.04. The molecular weight excluding hydrogens is 370 g/mol. The summed E-state index contributed by atoms with van der Waals surface area (Å²) < 4.78 is 25.0. The molecule has 1 aliphatic heterocycles. The molecule has 0 bridgehead atoms. The van der Waals surface area contributed by atoms with Gasteiger partial charge in [-0.3, -0.25) is 4.98 Å². The Balaban J connectivity index is 1.28. The van der Waals surface area contributed by atoms with Crippen LogP contribution in [-0.2, 0) is 16.0 Å². The quantitative estimate of drug-likeness (QED) is 0.535. The number of imidazole rings is 1. The molecule has 0 N–H and O–H groups in total. The maximum Gasteiger partial charge on any atom is 0.161 e. The number of fused-ring (bicyclic) bond motifs is 1. The first-order valence-corrected chi connectivity index (χ1v) is 9.95. The van der Waals surface area contributed by atoms with Gasteiger partial charge in [0.05, 0.1) is 38.6 Å². The van der Waals surface area contributed by atoms with E-state index in [4.69, 9.17) is 18.9 Å². The SMILES string of the molecule is COc1ccc([C@@H]2CC[C@@H](OCCCn3c(C)nc4cnccc43)O2)cc1OC. The number of hydrogen-bond acceptors (Lipinski definition) is 6. The van der Waals surface area contributed by atoms with Crippen molar-refractivity contribution in [3.8, 4) is 11.5 Å². The standard InChI is InChI=1S/C22H27N3O4/c1-15-24-17-14-23-10-9-18(17)25(15)11-4-12-28-22-8-7-19(29-22)16-5-6-20(26-2)21(13-16)27-3/h5-6,9-10,13-14,19,22H,4,7-8,11-12H2,1-3H3/t19-,22-/m0/s1. The van der Waals surface area contributed by atoms with Gasteiger partial charge in [0.25, 0.3) is 0 Å². The van der Waals surface area contributed by atoms with E-state index in [0.717, 1.165) is 59.7 Å². The van der Waals surface area contributed by atoms with Crippen LogP contribution in [0, 0.1) is 6.92 Å². The van der Waals surface area contributed by atoms with Crippen LogP contribution in [0.3, 0.4) is 0 Å². The maximum atomic E-state index is 6.11. The lowest BCUT2D eigenvalue weighted by Gasteiger charge is -2.16. The van der Waals surface area contributed by atoms with Crippen molar-refractivity contribution < 1.29 is 18.9 Å². The average molecular weight is 397 g/mol. The Kier molecular flexibility index (Phi) is 5.97. The van der Waals surface area contributed by atoms with Gasteiger partial charge in [0.2, 0.25) is 0 Å². The van der Waals surface area contributed by atoms with Crippen molar-refractivity contribution in [1.29, 1.82) is 0 Å². The van der Waals surface area contributed by atoms with Gasteiger partial charge in [0.15, 0.2) is 17.8 Å². The van der Waals surface area contributed by atoms with Gasteiger partial charge in [-0.1, -0.05) is 6.07 Å². The molecule has 154 valence electrons. The zero-order valence-corrected chi connectivity index (χ0v) is 17.1. The van der Waals surface area contributed by atoms with Gasteiger partial charge >= 0.3 is 0 Å². The molecule has 2 aromatic heterocycles. The molecule has 1 aromatic carbocycles. The molecule has 0 saturated carbocycles. The Hall–Kier alpha value is -2.64. The van der Waals surface area contributed by atoms with E-state index in [9.17, 15) is 0 Å². The van der Waals surface area contributed by atoms with E-state index < -0.39 is 0 Å². The summed E-state index contributed by atoms with van der Waals surface area (Å²) in [4.78, 5) is 8.69. The summed E-state index contributed by atoms with van der Waals surface area (Å²) in [6, 6.07) is 7.92. The average Bonchev–Trinajstić information content (AvgIpc) is 3.34. The largest absolute Gasteiger partial charge is 0.493 e. The van der Waals surface area contributed by atoms with Crippen molar-refractivity contribution >= 4 is 11.0 Å². The monoisotopic (exact) mass is 397 g/mol. The van der Waals surface area contributed by atoms with Crippen LogP contribution in [0.4, 0.5) is 0 Å². The smallest absolute Gasteiger partial charge is 0.161 e. The van der Waals surface area contributed by atoms with Crippen LogP contribution >= 0.6 is 0 Å². The van der Waals surface area contributed by atoms with E-state index in [-0.39, 0.29) is 12.4 Å². The summed E-state index contributed by atoms with van der Waals surface area (Å²) in [6.45, 7) is 3.53. The lowest BCUT2D eigenvalue weighted by Crippen LogP contribution is -2.14. The van der Waals surface area contributed by atoms with Crippen LogP contribution in [-0.4, -0.2) is 41.7 Å². The summed E-state index contributed by atoms with van der Waals surface area (Å²) in [5.74, 6) is 2.44. The molecule has 3 aromatic rings. The molecule has 4 rings (SSSR count). The molecule has 0 amide bonds. The number of methoxy groups -OCH3 is 2. The fraction of sp³-hybridized carbons (Fsp3) is 0.455. The molecule has 7 heteroatoms. The van der Waals surface area contributed by atoms with E-state index in [1.165, 1.54) is 0 Å². The Bertz CT molecular complexity index is 972. The highest BCUT2D eigenvalue weighted by molar-refractivity contribution is 5.74. The number of benzene rings is 1. The Morgan fingerprint density at radius 1 is 1.14 bits per heavy atom. The van der Waals surface area contributed by atoms with Crippen molar-refractivity contribution in [2.45, 2.75) is 45.1 Å². The van der Waals surface area contributed by atoms with Crippen LogP contribution in [0.15, 0.2) is 36.7 Å². The van der Waals surface area contributed by atoms with Crippen LogP contribution in [0.1, 0.15) is 36.8 Å². The van der Waals surface area contributed by atoms with Gasteiger partial charge in [0, 0.05) is 19.2 Å². The van der Waals surface area contributed by atoms with E-state index in [0.29, 0.717) is 6.61 Å². The molecule has 1 saturated heterocycles. The number of pyridine rings is 1. The zero-order chi connectivity index (χ0) is 20.2. The molecular formula is C22H27N3O4. The van der Waals surface area contributed by atoms with Crippen molar-refractivity contribution in [3.63, 3.8) is 0 Å². The highest BCUT2D eigenvalue weighted by Gasteiger charge is 2.27. The van der Waals surface area contributed by atoms with Gasteiger partial charge in [-0.25, -0.2) is 4.98 Å². The number of nitrogens with zero attached hydrogens (tertiary/aromatic N) is 3. The summed E-state index contributed by atoms with van der Waals surface area (Å²) in [6.07, 6.45) is 6.17. The number of aromatic nitrogens is 3. The second kappa shape index (κ2) is 8.80. The zero-order valence-electron chi connectivity index (χ0n) is 17.1. The van der Waals surface area contributed by atoms with Gasteiger partial charge in [-0.05, 0) is 43.5 Å². The predicted molar refractivity (Wildman–Crippen MR) is 109 cm³/mol. The summed E-state index contributed by atoms with van der Waals surface area (Å²) >= 11 is 0. The molecule has 2 atom stereocenters. The molecule has 0 unspecified atom stereocenters. The van der Waals surface area contributed by atoms with Crippen LogP contribution in [0.25, 0.3) is 11.0 Å².